The highest BCUT2D eigenvalue weighted by molar-refractivity contribution is 6.30. The van der Waals surface area contributed by atoms with E-state index >= 15 is 0 Å². The van der Waals surface area contributed by atoms with Gasteiger partial charge in [0.2, 0.25) is 0 Å². The van der Waals surface area contributed by atoms with Gasteiger partial charge in [-0.05, 0) is 35.9 Å². The number of halogens is 1. The summed E-state index contributed by atoms with van der Waals surface area (Å²) in [6, 6.07) is 12.8. The molecule has 0 saturated heterocycles. The first-order valence-corrected chi connectivity index (χ1v) is 7.12. The molecule has 0 aliphatic carbocycles. The SMILES string of the molecule is O=C(NCc1ccco1)c1cncc(-c2ccc(Cl)cc2)c1. The molecular formula is C17H13ClN2O2. The lowest BCUT2D eigenvalue weighted by atomic mass is 10.1. The van der Waals surface area contributed by atoms with E-state index in [-0.39, 0.29) is 5.91 Å². The van der Waals surface area contributed by atoms with Crippen LogP contribution in [0.3, 0.4) is 0 Å². The lowest BCUT2D eigenvalue weighted by molar-refractivity contribution is 0.0947. The maximum atomic E-state index is 12.2. The van der Waals surface area contributed by atoms with Gasteiger partial charge >= 0.3 is 0 Å². The highest BCUT2D eigenvalue weighted by Gasteiger charge is 2.08. The predicted octanol–water partition coefficient (Wildman–Crippen LogP) is 3.93. The van der Waals surface area contributed by atoms with Crippen LogP contribution < -0.4 is 5.32 Å². The molecular weight excluding hydrogens is 300 g/mol. The van der Waals surface area contributed by atoms with Crippen molar-refractivity contribution < 1.29 is 9.21 Å². The van der Waals surface area contributed by atoms with Crippen molar-refractivity contribution in [2.24, 2.45) is 0 Å². The molecule has 22 heavy (non-hydrogen) atoms. The zero-order valence-corrected chi connectivity index (χ0v) is 12.4. The normalized spacial score (nSPS) is 10.4. The molecule has 0 aliphatic heterocycles. The summed E-state index contributed by atoms with van der Waals surface area (Å²) in [6.45, 7) is 0.344. The fourth-order valence-corrected chi connectivity index (χ4v) is 2.17. The molecule has 1 N–H and O–H groups in total. The van der Waals surface area contributed by atoms with Crippen molar-refractivity contribution in [3.8, 4) is 11.1 Å². The zero-order chi connectivity index (χ0) is 15.4. The van der Waals surface area contributed by atoms with Gasteiger partial charge in [-0.1, -0.05) is 23.7 Å². The van der Waals surface area contributed by atoms with E-state index in [1.165, 1.54) is 6.20 Å². The molecule has 0 aliphatic rings. The molecule has 4 nitrogen and oxygen atoms in total. The van der Waals surface area contributed by atoms with E-state index < -0.39 is 0 Å². The van der Waals surface area contributed by atoms with Crippen molar-refractivity contribution in [2.45, 2.75) is 6.54 Å². The van der Waals surface area contributed by atoms with Crippen LogP contribution in [0.4, 0.5) is 0 Å². The highest BCUT2D eigenvalue weighted by atomic mass is 35.5. The fourth-order valence-electron chi connectivity index (χ4n) is 2.05. The number of nitrogens with zero attached hydrogens (tertiary/aromatic N) is 1. The highest BCUT2D eigenvalue weighted by Crippen LogP contribution is 2.21. The van der Waals surface area contributed by atoms with Gasteiger partial charge in [0, 0.05) is 23.0 Å². The second-order valence-electron chi connectivity index (χ2n) is 4.73. The van der Waals surface area contributed by atoms with Crippen LogP contribution >= 0.6 is 11.6 Å². The second kappa shape index (κ2) is 6.45. The summed E-state index contributed by atoms with van der Waals surface area (Å²) in [5.74, 6) is 0.509. The van der Waals surface area contributed by atoms with Gasteiger partial charge in [0.25, 0.3) is 5.91 Å². The van der Waals surface area contributed by atoms with Gasteiger partial charge in [0.15, 0.2) is 0 Å². The number of amides is 1. The topological polar surface area (TPSA) is 55.1 Å². The van der Waals surface area contributed by atoms with Gasteiger partial charge in [-0.25, -0.2) is 0 Å². The standard InChI is InChI=1S/C17H13ClN2O2/c18-15-5-3-12(4-6-15)13-8-14(10-19-9-13)17(21)20-11-16-2-1-7-22-16/h1-10H,11H2,(H,20,21). The van der Waals surface area contributed by atoms with E-state index in [1.807, 2.05) is 18.2 Å². The number of benzene rings is 1. The Morgan fingerprint density at radius 3 is 2.68 bits per heavy atom. The van der Waals surface area contributed by atoms with Crippen LogP contribution in [0.1, 0.15) is 16.1 Å². The first-order valence-electron chi connectivity index (χ1n) is 6.74. The molecule has 0 spiro atoms. The van der Waals surface area contributed by atoms with Crippen LogP contribution in [0.5, 0.6) is 0 Å². The van der Waals surface area contributed by atoms with Crippen LogP contribution in [0.25, 0.3) is 11.1 Å². The summed E-state index contributed by atoms with van der Waals surface area (Å²) in [6.07, 6.45) is 4.83. The number of carbonyl (C=O) groups excluding carboxylic acids is 1. The maximum Gasteiger partial charge on any atom is 0.253 e. The number of hydrogen-bond donors (Lipinski definition) is 1. The molecule has 0 radical (unpaired) electrons. The minimum absolute atomic E-state index is 0.195. The van der Waals surface area contributed by atoms with Gasteiger partial charge in [0.05, 0.1) is 18.4 Å². The van der Waals surface area contributed by atoms with Gasteiger partial charge in [-0.3, -0.25) is 9.78 Å². The van der Waals surface area contributed by atoms with Crippen molar-refractivity contribution in [1.82, 2.24) is 10.3 Å². The molecule has 110 valence electrons. The Hall–Kier alpha value is -2.59. The van der Waals surface area contributed by atoms with Crippen LogP contribution in [0.2, 0.25) is 5.02 Å². The number of carbonyl (C=O) groups is 1. The van der Waals surface area contributed by atoms with Crippen molar-refractivity contribution in [3.05, 3.63) is 77.5 Å². The molecule has 1 aromatic carbocycles. The van der Waals surface area contributed by atoms with Gasteiger partial charge in [-0.2, -0.15) is 0 Å². The van der Waals surface area contributed by atoms with Gasteiger partial charge in [-0.15, -0.1) is 0 Å². The first-order chi connectivity index (χ1) is 10.7. The van der Waals surface area contributed by atoms with Crippen LogP contribution in [0, 0.1) is 0 Å². The minimum atomic E-state index is -0.195. The van der Waals surface area contributed by atoms with E-state index in [0.717, 1.165) is 11.1 Å². The minimum Gasteiger partial charge on any atom is -0.467 e. The summed E-state index contributed by atoms with van der Waals surface area (Å²) >= 11 is 5.88. The average molecular weight is 313 g/mol. The summed E-state index contributed by atoms with van der Waals surface area (Å²) < 4.78 is 5.18. The Kier molecular flexibility index (Phi) is 4.21. The van der Waals surface area contributed by atoms with E-state index in [4.69, 9.17) is 16.0 Å². The number of nitrogens with one attached hydrogen (secondary N) is 1. The predicted molar refractivity (Wildman–Crippen MR) is 84.6 cm³/mol. The van der Waals surface area contributed by atoms with Crippen molar-refractivity contribution in [2.75, 3.05) is 0 Å². The maximum absolute atomic E-state index is 12.2. The first kappa shape index (κ1) is 14.4. The Bertz CT molecular complexity index is 768. The third-order valence-electron chi connectivity index (χ3n) is 3.18. The van der Waals surface area contributed by atoms with Crippen molar-refractivity contribution >= 4 is 17.5 Å². The fraction of sp³-hybridized carbons (Fsp3) is 0.0588. The summed E-state index contributed by atoms with van der Waals surface area (Å²) in [5.41, 5.74) is 2.32. The monoisotopic (exact) mass is 312 g/mol. The van der Waals surface area contributed by atoms with Gasteiger partial charge < -0.3 is 9.73 Å². The van der Waals surface area contributed by atoms with Crippen molar-refractivity contribution in [1.29, 1.82) is 0 Å². The van der Waals surface area contributed by atoms with Crippen LogP contribution in [-0.2, 0) is 6.54 Å². The van der Waals surface area contributed by atoms with E-state index in [0.29, 0.717) is 22.9 Å². The molecule has 3 aromatic rings. The lowest BCUT2D eigenvalue weighted by Gasteiger charge is -2.06. The molecule has 0 unspecified atom stereocenters. The molecule has 2 aromatic heterocycles. The average Bonchev–Trinajstić information content (AvgIpc) is 3.07. The number of pyridine rings is 1. The Balaban J connectivity index is 1.75. The Labute approximate surface area is 132 Å². The van der Waals surface area contributed by atoms with Crippen LogP contribution in [0.15, 0.2) is 65.5 Å². The molecule has 0 bridgehead atoms. The molecule has 2 heterocycles. The third-order valence-corrected chi connectivity index (χ3v) is 3.43. The number of hydrogen-bond acceptors (Lipinski definition) is 3. The summed E-state index contributed by atoms with van der Waals surface area (Å²) in [7, 11) is 0. The third kappa shape index (κ3) is 3.35. The summed E-state index contributed by atoms with van der Waals surface area (Å²) in [4.78, 5) is 16.3. The number of aromatic nitrogens is 1. The molecule has 0 fully saturated rings. The van der Waals surface area contributed by atoms with Crippen LogP contribution in [-0.4, -0.2) is 10.9 Å². The second-order valence-corrected chi connectivity index (χ2v) is 5.17. The molecule has 1 amide bonds. The smallest absolute Gasteiger partial charge is 0.253 e. The molecule has 0 atom stereocenters. The molecule has 3 rings (SSSR count). The number of rotatable bonds is 4. The zero-order valence-electron chi connectivity index (χ0n) is 11.6. The summed E-state index contributed by atoms with van der Waals surface area (Å²) in [5, 5.41) is 3.47. The lowest BCUT2D eigenvalue weighted by Crippen LogP contribution is -2.22. The van der Waals surface area contributed by atoms with Gasteiger partial charge in [0.1, 0.15) is 5.76 Å². The quantitative estimate of drug-likeness (QED) is 0.794. The number of furan rings is 1. The Morgan fingerprint density at radius 2 is 1.95 bits per heavy atom. The molecule has 0 saturated carbocycles. The van der Waals surface area contributed by atoms with E-state index in [1.54, 1.807) is 36.7 Å². The largest absolute Gasteiger partial charge is 0.467 e. The van der Waals surface area contributed by atoms with E-state index in [2.05, 4.69) is 10.3 Å². The molecule has 5 heteroatoms. The Morgan fingerprint density at radius 1 is 1.14 bits per heavy atom. The van der Waals surface area contributed by atoms with E-state index in [9.17, 15) is 4.79 Å². The van der Waals surface area contributed by atoms with Crippen molar-refractivity contribution in [3.63, 3.8) is 0 Å².